The standard InChI is InChI=1S/C19H17F2NO2S/c1-13-8-9-15(12-22-13)17-11-19(21,25(2,23)24)18(20)10-16(17)14-6-4-3-5-7-14/h3-10,12H,11H2,1-2H3. The summed E-state index contributed by atoms with van der Waals surface area (Å²) >= 11 is 0. The predicted octanol–water partition coefficient (Wildman–Crippen LogP) is 4.27. The number of hydrogen-bond acceptors (Lipinski definition) is 3. The summed E-state index contributed by atoms with van der Waals surface area (Å²) in [5, 5.41) is -3.06. The van der Waals surface area contributed by atoms with Crippen molar-refractivity contribution in [3.63, 3.8) is 0 Å². The first-order chi connectivity index (χ1) is 11.7. The van der Waals surface area contributed by atoms with E-state index < -0.39 is 27.1 Å². The fraction of sp³-hybridized carbons (Fsp3) is 0.211. The third kappa shape index (κ3) is 3.14. The Morgan fingerprint density at radius 2 is 1.76 bits per heavy atom. The molecule has 1 aromatic heterocycles. The molecule has 1 aliphatic carbocycles. The molecule has 2 aromatic rings. The third-order valence-electron chi connectivity index (χ3n) is 4.29. The highest BCUT2D eigenvalue weighted by molar-refractivity contribution is 7.92. The molecule has 1 atom stereocenters. The molecule has 0 saturated heterocycles. The normalized spacial score (nSPS) is 21.2. The summed E-state index contributed by atoms with van der Waals surface area (Å²) in [6.07, 6.45) is 2.64. The zero-order valence-corrected chi connectivity index (χ0v) is 14.6. The maximum Gasteiger partial charge on any atom is 0.264 e. The summed E-state index contributed by atoms with van der Waals surface area (Å²) in [4.78, 5) is 4.19. The van der Waals surface area contributed by atoms with Gasteiger partial charge in [-0.3, -0.25) is 4.98 Å². The average molecular weight is 361 g/mol. The molecule has 0 aliphatic heterocycles. The van der Waals surface area contributed by atoms with Crippen LogP contribution in [0, 0.1) is 6.92 Å². The molecular weight excluding hydrogens is 344 g/mol. The van der Waals surface area contributed by atoms with Crippen molar-refractivity contribution in [2.24, 2.45) is 0 Å². The van der Waals surface area contributed by atoms with Crippen LogP contribution in [0.1, 0.15) is 23.2 Å². The second kappa shape index (κ2) is 6.19. The first kappa shape index (κ1) is 17.5. The van der Waals surface area contributed by atoms with E-state index in [0.717, 1.165) is 11.8 Å². The Labute approximate surface area is 145 Å². The number of aromatic nitrogens is 1. The lowest BCUT2D eigenvalue weighted by Crippen LogP contribution is -2.36. The Kier molecular flexibility index (Phi) is 4.33. The molecule has 0 saturated carbocycles. The SMILES string of the molecule is Cc1ccc(C2=C(c3ccccc3)C=C(F)C(F)(S(C)(=O)=O)C2)cn1. The van der Waals surface area contributed by atoms with E-state index in [0.29, 0.717) is 28.5 Å². The van der Waals surface area contributed by atoms with Gasteiger partial charge in [-0.25, -0.2) is 17.2 Å². The maximum absolute atomic E-state index is 15.1. The fourth-order valence-corrected chi connectivity index (χ4v) is 3.64. The van der Waals surface area contributed by atoms with Crippen molar-refractivity contribution in [1.29, 1.82) is 0 Å². The molecular formula is C19H17F2NO2S. The van der Waals surface area contributed by atoms with Crippen molar-refractivity contribution in [3.8, 4) is 0 Å². The number of sulfone groups is 1. The molecule has 1 aromatic carbocycles. The van der Waals surface area contributed by atoms with E-state index >= 15 is 4.39 Å². The Morgan fingerprint density at radius 1 is 1.08 bits per heavy atom. The number of aryl methyl sites for hydroxylation is 1. The van der Waals surface area contributed by atoms with Crippen molar-refractivity contribution in [3.05, 3.63) is 77.4 Å². The first-order valence-electron chi connectivity index (χ1n) is 7.70. The molecule has 1 aliphatic rings. The summed E-state index contributed by atoms with van der Waals surface area (Å²) in [7, 11) is -4.29. The van der Waals surface area contributed by atoms with Gasteiger partial charge in [0.05, 0.1) is 0 Å². The molecule has 0 spiro atoms. The minimum Gasteiger partial charge on any atom is -0.261 e. The zero-order chi connectivity index (χ0) is 18.2. The van der Waals surface area contributed by atoms with Crippen LogP contribution in [0.15, 0.2) is 60.6 Å². The van der Waals surface area contributed by atoms with E-state index in [1.54, 1.807) is 42.6 Å². The highest BCUT2D eigenvalue weighted by Gasteiger charge is 2.49. The Hall–Kier alpha value is -2.34. The number of pyridine rings is 1. The summed E-state index contributed by atoms with van der Waals surface area (Å²) in [6, 6.07) is 12.4. The summed E-state index contributed by atoms with van der Waals surface area (Å²) < 4.78 is 53.4. The highest BCUT2D eigenvalue weighted by atomic mass is 32.2. The van der Waals surface area contributed by atoms with Gasteiger partial charge in [0, 0.05) is 24.6 Å². The molecule has 0 amide bonds. The van der Waals surface area contributed by atoms with Gasteiger partial charge in [0.1, 0.15) is 0 Å². The molecule has 0 radical (unpaired) electrons. The van der Waals surface area contributed by atoms with E-state index in [-0.39, 0.29) is 0 Å². The van der Waals surface area contributed by atoms with Gasteiger partial charge in [-0.15, -0.1) is 0 Å². The number of hydrogen-bond donors (Lipinski definition) is 0. The number of rotatable bonds is 3. The lowest BCUT2D eigenvalue weighted by atomic mass is 9.87. The van der Waals surface area contributed by atoms with Crippen LogP contribution >= 0.6 is 0 Å². The Balaban J connectivity index is 2.25. The maximum atomic E-state index is 15.1. The van der Waals surface area contributed by atoms with Crippen LogP contribution in [0.2, 0.25) is 0 Å². The van der Waals surface area contributed by atoms with Crippen LogP contribution in [0.25, 0.3) is 11.1 Å². The Bertz CT molecular complexity index is 964. The number of halogens is 2. The lowest BCUT2D eigenvalue weighted by molar-refractivity contribution is 0.272. The molecule has 3 nitrogen and oxygen atoms in total. The number of nitrogens with zero attached hydrogens (tertiary/aromatic N) is 1. The van der Waals surface area contributed by atoms with Gasteiger partial charge in [0.25, 0.3) is 5.00 Å². The molecule has 0 fully saturated rings. The molecule has 130 valence electrons. The fourth-order valence-electron chi connectivity index (χ4n) is 2.82. The zero-order valence-electron chi connectivity index (χ0n) is 13.8. The molecule has 6 heteroatoms. The summed E-state index contributed by atoms with van der Waals surface area (Å²) in [6.45, 7) is 1.81. The minimum absolute atomic E-state index is 0.410. The largest absolute Gasteiger partial charge is 0.264 e. The van der Waals surface area contributed by atoms with Crippen molar-refractivity contribution in [2.45, 2.75) is 18.3 Å². The number of allylic oxidation sites excluding steroid dienone is 3. The molecule has 3 rings (SSSR count). The molecule has 1 unspecified atom stereocenters. The number of benzene rings is 1. The van der Waals surface area contributed by atoms with Crippen LogP contribution in [-0.4, -0.2) is 24.7 Å². The van der Waals surface area contributed by atoms with Crippen LogP contribution < -0.4 is 0 Å². The van der Waals surface area contributed by atoms with Crippen LogP contribution in [-0.2, 0) is 9.84 Å². The van der Waals surface area contributed by atoms with Gasteiger partial charge in [0.2, 0.25) is 0 Å². The van der Waals surface area contributed by atoms with E-state index in [1.165, 1.54) is 0 Å². The van der Waals surface area contributed by atoms with Crippen molar-refractivity contribution >= 4 is 21.0 Å². The second-order valence-electron chi connectivity index (χ2n) is 6.12. The average Bonchev–Trinajstić information content (AvgIpc) is 2.57. The van der Waals surface area contributed by atoms with E-state index in [9.17, 15) is 12.8 Å². The van der Waals surface area contributed by atoms with Gasteiger partial charge < -0.3 is 0 Å². The summed E-state index contributed by atoms with van der Waals surface area (Å²) in [5.41, 5.74) is 2.90. The topological polar surface area (TPSA) is 47.0 Å². The lowest BCUT2D eigenvalue weighted by Gasteiger charge is -2.29. The van der Waals surface area contributed by atoms with E-state index in [2.05, 4.69) is 4.98 Å². The van der Waals surface area contributed by atoms with Crippen LogP contribution in [0.4, 0.5) is 8.78 Å². The molecule has 25 heavy (non-hydrogen) atoms. The van der Waals surface area contributed by atoms with Crippen molar-refractivity contribution in [2.75, 3.05) is 6.26 Å². The molecule has 0 bridgehead atoms. The second-order valence-corrected chi connectivity index (χ2v) is 8.31. The monoisotopic (exact) mass is 361 g/mol. The summed E-state index contributed by atoms with van der Waals surface area (Å²) in [5.74, 6) is -1.29. The third-order valence-corrected chi connectivity index (χ3v) is 5.80. The predicted molar refractivity (Wildman–Crippen MR) is 94.7 cm³/mol. The first-order valence-corrected chi connectivity index (χ1v) is 9.59. The number of alkyl halides is 1. The van der Waals surface area contributed by atoms with Crippen LogP contribution in [0.3, 0.4) is 0 Å². The van der Waals surface area contributed by atoms with E-state index in [4.69, 9.17) is 0 Å². The van der Waals surface area contributed by atoms with Gasteiger partial charge in [-0.05, 0) is 41.3 Å². The Morgan fingerprint density at radius 3 is 2.32 bits per heavy atom. The smallest absolute Gasteiger partial charge is 0.261 e. The van der Waals surface area contributed by atoms with E-state index in [1.807, 2.05) is 13.0 Å². The molecule has 1 heterocycles. The quantitative estimate of drug-likeness (QED) is 0.820. The van der Waals surface area contributed by atoms with Crippen molar-refractivity contribution in [1.82, 2.24) is 4.98 Å². The van der Waals surface area contributed by atoms with Gasteiger partial charge in [-0.1, -0.05) is 36.4 Å². The van der Waals surface area contributed by atoms with Crippen molar-refractivity contribution < 1.29 is 17.2 Å². The van der Waals surface area contributed by atoms with Gasteiger partial charge >= 0.3 is 0 Å². The van der Waals surface area contributed by atoms with Gasteiger partial charge in [0.15, 0.2) is 15.7 Å². The highest BCUT2D eigenvalue weighted by Crippen LogP contribution is 2.46. The minimum atomic E-state index is -4.29. The van der Waals surface area contributed by atoms with Crippen LogP contribution in [0.5, 0.6) is 0 Å². The van der Waals surface area contributed by atoms with Gasteiger partial charge in [-0.2, -0.15) is 0 Å². The molecule has 0 N–H and O–H groups in total.